The zero-order chi connectivity index (χ0) is 14.7. The van der Waals surface area contributed by atoms with Crippen LogP contribution in [0.15, 0.2) is 23.3 Å². The van der Waals surface area contributed by atoms with Crippen LogP contribution in [0.3, 0.4) is 0 Å². The summed E-state index contributed by atoms with van der Waals surface area (Å²) in [5, 5.41) is 3.33. The van der Waals surface area contributed by atoms with Crippen molar-refractivity contribution >= 4 is 5.96 Å². The van der Waals surface area contributed by atoms with E-state index in [4.69, 9.17) is 0 Å². The van der Waals surface area contributed by atoms with Gasteiger partial charge in [-0.3, -0.25) is 4.98 Å². The lowest BCUT2D eigenvalue weighted by Gasteiger charge is -2.38. The van der Waals surface area contributed by atoms with Crippen molar-refractivity contribution in [1.82, 2.24) is 15.2 Å². The quantitative estimate of drug-likeness (QED) is 0.687. The van der Waals surface area contributed by atoms with Crippen molar-refractivity contribution in [2.24, 2.45) is 10.4 Å². The average Bonchev–Trinajstić information content (AvgIpc) is 2.90. The number of nitrogens with one attached hydrogen (secondary N) is 1. The van der Waals surface area contributed by atoms with Crippen molar-refractivity contribution in [1.29, 1.82) is 0 Å². The molecule has 5 heteroatoms. The van der Waals surface area contributed by atoms with Crippen LogP contribution < -0.4 is 5.32 Å². The SMILES string of the molecule is CCNC(=NCc1ncccc1F)N1CCC2(CCC2)C1. The molecule has 1 saturated heterocycles. The molecule has 1 aliphatic carbocycles. The fourth-order valence-electron chi connectivity index (χ4n) is 3.31. The van der Waals surface area contributed by atoms with Gasteiger partial charge in [-0.25, -0.2) is 9.38 Å². The Morgan fingerprint density at radius 2 is 2.33 bits per heavy atom. The maximum atomic E-state index is 13.6. The van der Waals surface area contributed by atoms with Gasteiger partial charge in [0.2, 0.25) is 0 Å². The second-order valence-electron chi connectivity index (χ2n) is 6.13. The average molecular weight is 290 g/mol. The first-order valence-electron chi connectivity index (χ1n) is 7.85. The number of pyridine rings is 1. The molecule has 2 heterocycles. The van der Waals surface area contributed by atoms with Crippen LogP contribution in [0.5, 0.6) is 0 Å². The lowest BCUT2D eigenvalue weighted by Crippen LogP contribution is -2.42. The molecule has 0 unspecified atom stereocenters. The Hall–Kier alpha value is -1.65. The van der Waals surface area contributed by atoms with Crippen molar-refractivity contribution < 1.29 is 4.39 Å². The Bertz CT molecular complexity index is 525. The summed E-state index contributed by atoms with van der Waals surface area (Å²) in [5.41, 5.74) is 0.942. The van der Waals surface area contributed by atoms with E-state index in [1.54, 1.807) is 12.3 Å². The van der Waals surface area contributed by atoms with E-state index >= 15 is 0 Å². The molecule has 0 aromatic carbocycles. The first-order valence-corrected chi connectivity index (χ1v) is 7.85. The van der Waals surface area contributed by atoms with E-state index in [1.807, 2.05) is 0 Å². The maximum absolute atomic E-state index is 13.6. The molecule has 0 amide bonds. The second-order valence-corrected chi connectivity index (χ2v) is 6.13. The molecule has 114 valence electrons. The Labute approximate surface area is 125 Å². The summed E-state index contributed by atoms with van der Waals surface area (Å²) in [4.78, 5) is 11.0. The van der Waals surface area contributed by atoms with Gasteiger partial charge in [0.1, 0.15) is 5.82 Å². The number of rotatable bonds is 3. The molecular weight excluding hydrogens is 267 g/mol. The zero-order valence-electron chi connectivity index (χ0n) is 12.6. The normalized spacial score (nSPS) is 20.7. The van der Waals surface area contributed by atoms with Crippen LogP contribution in [0.1, 0.15) is 38.3 Å². The second kappa shape index (κ2) is 6.00. The molecule has 0 atom stereocenters. The van der Waals surface area contributed by atoms with Crippen molar-refractivity contribution in [3.05, 3.63) is 29.8 Å². The Morgan fingerprint density at radius 3 is 2.95 bits per heavy atom. The van der Waals surface area contributed by atoms with Crippen LogP contribution >= 0.6 is 0 Å². The van der Waals surface area contributed by atoms with Crippen LogP contribution in [-0.4, -0.2) is 35.5 Å². The number of aliphatic imine (C=N–C) groups is 1. The number of hydrogen-bond donors (Lipinski definition) is 1. The first-order chi connectivity index (χ1) is 10.2. The predicted molar refractivity (Wildman–Crippen MR) is 81.5 cm³/mol. The highest BCUT2D eigenvalue weighted by Gasteiger charge is 2.43. The first kappa shape index (κ1) is 14.3. The maximum Gasteiger partial charge on any atom is 0.194 e. The minimum Gasteiger partial charge on any atom is -0.357 e. The third kappa shape index (κ3) is 3.01. The standard InChI is InChI=1S/C16H23FN4/c1-2-18-15(20-11-14-13(17)5-3-9-19-14)21-10-8-16(12-21)6-4-7-16/h3,5,9H,2,4,6-8,10-12H2,1H3,(H,18,20). The number of hydrogen-bond acceptors (Lipinski definition) is 2. The van der Waals surface area contributed by atoms with Crippen molar-refractivity contribution in [2.45, 2.75) is 39.2 Å². The molecule has 0 radical (unpaired) electrons. The van der Waals surface area contributed by atoms with Crippen molar-refractivity contribution in [3.63, 3.8) is 0 Å². The molecule has 0 bridgehead atoms. The fourth-order valence-corrected chi connectivity index (χ4v) is 3.31. The monoisotopic (exact) mass is 290 g/mol. The van der Waals surface area contributed by atoms with E-state index in [0.29, 0.717) is 17.7 Å². The summed E-state index contributed by atoms with van der Waals surface area (Å²) in [7, 11) is 0. The number of likely N-dealkylation sites (tertiary alicyclic amines) is 1. The van der Waals surface area contributed by atoms with E-state index in [0.717, 1.165) is 25.6 Å². The van der Waals surface area contributed by atoms with Gasteiger partial charge >= 0.3 is 0 Å². The zero-order valence-corrected chi connectivity index (χ0v) is 12.6. The molecule has 4 nitrogen and oxygen atoms in total. The fraction of sp³-hybridized carbons (Fsp3) is 0.625. The molecule has 1 aromatic heterocycles. The predicted octanol–water partition coefficient (Wildman–Crippen LogP) is 2.56. The highest BCUT2D eigenvalue weighted by atomic mass is 19.1. The van der Waals surface area contributed by atoms with Crippen LogP contribution in [0.25, 0.3) is 0 Å². The van der Waals surface area contributed by atoms with Gasteiger partial charge in [0.25, 0.3) is 0 Å². The van der Waals surface area contributed by atoms with E-state index < -0.39 is 0 Å². The smallest absolute Gasteiger partial charge is 0.194 e. The van der Waals surface area contributed by atoms with Crippen LogP contribution in [0.2, 0.25) is 0 Å². The highest BCUT2D eigenvalue weighted by molar-refractivity contribution is 5.80. The number of halogens is 1. The molecule has 1 aliphatic heterocycles. The lowest BCUT2D eigenvalue weighted by atomic mass is 9.68. The molecule has 2 fully saturated rings. The van der Waals surface area contributed by atoms with Gasteiger partial charge in [-0.15, -0.1) is 0 Å². The summed E-state index contributed by atoms with van der Waals surface area (Å²) in [6, 6.07) is 3.04. The van der Waals surface area contributed by atoms with Crippen molar-refractivity contribution in [3.8, 4) is 0 Å². The third-order valence-electron chi connectivity index (χ3n) is 4.70. The van der Waals surface area contributed by atoms with E-state index in [9.17, 15) is 4.39 Å². The number of aromatic nitrogens is 1. The molecule has 1 spiro atoms. The summed E-state index contributed by atoms with van der Waals surface area (Å²) >= 11 is 0. The topological polar surface area (TPSA) is 40.5 Å². The number of nitrogens with zero attached hydrogens (tertiary/aromatic N) is 3. The molecule has 1 aromatic rings. The van der Waals surface area contributed by atoms with Crippen LogP contribution in [-0.2, 0) is 6.54 Å². The lowest BCUT2D eigenvalue weighted by molar-refractivity contribution is 0.151. The van der Waals surface area contributed by atoms with Gasteiger partial charge in [-0.2, -0.15) is 0 Å². The minimum atomic E-state index is -0.283. The van der Waals surface area contributed by atoms with Gasteiger partial charge in [-0.1, -0.05) is 6.42 Å². The summed E-state index contributed by atoms with van der Waals surface area (Å²) in [6.07, 6.45) is 6.92. The summed E-state index contributed by atoms with van der Waals surface area (Å²) in [5.74, 6) is 0.611. The Balaban J connectivity index is 1.69. The minimum absolute atomic E-state index is 0.283. The molecule has 3 rings (SSSR count). The number of guanidine groups is 1. The van der Waals surface area contributed by atoms with Crippen molar-refractivity contribution in [2.75, 3.05) is 19.6 Å². The van der Waals surface area contributed by atoms with E-state index in [-0.39, 0.29) is 5.82 Å². The van der Waals surface area contributed by atoms with Gasteiger partial charge in [-0.05, 0) is 43.7 Å². The molecule has 1 saturated carbocycles. The van der Waals surface area contributed by atoms with Crippen LogP contribution in [0, 0.1) is 11.2 Å². The largest absolute Gasteiger partial charge is 0.357 e. The third-order valence-corrected chi connectivity index (χ3v) is 4.70. The molecule has 21 heavy (non-hydrogen) atoms. The Kier molecular flexibility index (Phi) is 4.08. The molecule has 1 N–H and O–H groups in total. The summed E-state index contributed by atoms with van der Waals surface area (Å²) in [6.45, 7) is 5.32. The van der Waals surface area contributed by atoms with E-state index in [1.165, 1.54) is 31.7 Å². The van der Waals surface area contributed by atoms with Gasteiger partial charge < -0.3 is 10.2 Å². The van der Waals surface area contributed by atoms with Gasteiger partial charge in [0.15, 0.2) is 5.96 Å². The van der Waals surface area contributed by atoms with Gasteiger partial charge in [0, 0.05) is 25.8 Å². The Morgan fingerprint density at radius 1 is 1.48 bits per heavy atom. The van der Waals surface area contributed by atoms with Gasteiger partial charge in [0.05, 0.1) is 12.2 Å². The molecular formula is C16H23FN4. The summed E-state index contributed by atoms with van der Waals surface area (Å²) < 4.78 is 13.6. The van der Waals surface area contributed by atoms with Crippen LogP contribution in [0.4, 0.5) is 4.39 Å². The molecule has 2 aliphatic rings. The van der Waals surface area contributed by atoms with E-state index in [2.05, 4.69) is 27.1 Å². The highest BCUT2D eigenvalue weighted by Crippen LogP contribution is 2.47.